The second kappa shape index (κ2) is 11.3. The Balaban J connectivity index is 1.52. The first kappa shape index (κ1) is 26.4. The van der Waals surface area contributed by atoms with E-state index in [4.69, 9.17) is 25.8 Å². The van der Waals surface area contributed by atoms with Crippen molar-refractivity contribution in [2.45, 2.75) is 56.9 Å². The Labute approximate surface area is 230 Å². The minimum absolute atomic E-state index is 0.174. The molecule has 200 valence electrons. The summed E-state index contributed by atoms with van der Waals surface area (Å²) < 4.78 is 17.6. The lowest BCUT2D eigenvalue weighted by molar-refractivity contribution is -0.141. The molecule has 1 saturated carbocycles. The molecule has 6 heteroatoms. The summed E-state index contributed by atoms with van der Waals surface area (Å²) in [5.74, 6) is 2.34. The van der Waals surface area contributed by atoms with Crippen molar-refractivity contribution in [1.82, 2.24) is 4.90 Å². The van der Waals surface area contributed by atoms with E-state index in [1.165, 1.54) is 5.56 Å². The van der Waals surface area contributed by atoms with Crippen LogP contribution < -0.4 is 14.2 Å². The fourth-order valence-corrected chi connectivity index (χ4v) is 6.22. The zero-order valence-corrected chi connectivity index (χ0v) is 23.2. The molecular weight excluding hydrogens is 498 g/mol. The molecule has 5 nitrogen and oxygen atoms in total. The fourth-order valence-electron chi connectivity index (χ4n) is 6.10. The van der Waals surface area contributed by atoms with Crippen LogP contribution in [-0.4, -0.2) is 38.2 Å². The molecule has 3 aromatic carbocycles. The third-order valence-corrected chi connectivity index (χ3v) is 8.52. The standard InChI is InChI=1S/C32H36ClNO4/c1-4-22-7-13-26(14-8-22)38-21-28-27-20-30(37-3)29(36-2)19-23(27)15-18-34(28)31(35)32(16-5-6-17-32)24-9-11-25(33)12-10-24/h7-14,19-20,28H,4-6,15-18,21H2,1-3H3. The average Bonchev–Trinajstić information content (AvgIpc) is 3.46. The maximum atomic E-state index is 14.6. The van der Waals surface area contributed by atoms with E-state index in [0.717, 1.165) is 61.0 Å². The number of fused-ring (bicyclic) bond motifs is 1. The highest BCUT2D eigenvalue weighted by Crippen LogP contribution is 2.46. The van der Waals surface area contributed by atoms with Crippen molar-refractivity contribution in [3.8, 4) is 17.2 Å². The van der Waals surface area contributed by atoms with Gasteiger partial charge < -0.3 is 19.1 Å². The van der Waals surface area contributed by atoms with E-state index in [2.05, 4.69) is 24.0 Å². The summed E-state index contributed by atoms with van der Waals surface area (Å²) in [5, 5.41) is 0.683. The van der Waals surface area contributed by atoms with Gasteiger partial charge in [-0.05, 0) is 84.3 Å². The molecule has 1 aliphatic heterocycles. The van der Waals surface area contributed by atoms with Crippen LogP contribution in [-0.2, 0) is 23.1 Å². The summed E-state index contributed by atoms with van der Waals surface area (Å²) in [7, 11) is 3.30. The Bertz CT molecular complexity index is 1270. The molecule has 3 aromatic rings. The molecule has 38 heavy (non-hydrogen) atoms. The Morgan fingerprint density at radius 2 is 1.63 bits per heavy atom. The average molecular weight is 534 g/mol. The van der Waals surface area contributed by atoms with Gasteiger partial charge in [0.15, 0.2) is 11.5 Å². The SMILES string of the molecule is CCc1ccc(OCC2c3cc(OC)c(OC)cc3CCN2C(=O)C2(c3ccc(Cl)cc3)CCCC2)cc1. The van der Waals surface area contributed by atoms with Crippen LogP contribution in [0.3, 0.4) is 0 Å². The quantitative estimate of drug-likeness (QED) is 0.315. The minimum Gasteiger partial charge on any atom is -0.493 e. The molecule has 1 unspecified atom stereocenters. The molecule has 1 atom stereocenters. The molecule has 0 spiro atoms. The summed E-state index contributed by atoms with van der Waals surface area (Å²) >= 11 is 6.21. The number of amides is 1. The van der Waals surface area contributed by atoms with Crippen LogP contribution in [0.5, 0.6) is 17.2 Å². The smallest absolute Gasteiger partial charge is 0.233 e. The van der Waals surface area contributed by atoms with Crippen LogP contribution in [0.1, 0.15) is 60.9 Å². The van der Waals surface area contributed by atoms with Crippen molar-refractivity contribution in [3.05, 3.63) is 87.9 Å². The van der Waals surface area contributed by atoms with Crippen molar-refractivity contribution in [2.75, 3.05) is 27.4 Å². The lowest BCUT2D eigenvalue weighted by Crippen LogP contribution is -2.50. The maximum absolute atomic E-state index is 14.6. The predicted molar refractivity (Wildman–Crippen MR) is 151 cm³/mol. The topological polar surface area (TPSA) is 48.0 Å². The second-order valence-corrected chi connectivity index (χ2v) is 10.7. The molecule has 5 rings (SSSR count). The van der Waals surface area contributed by atoms with E-state index >= 15 is 0 Å². The Hall–Kier alpha value is -3.18. The van der Waals surface area contributed by atoms with E-state index in [-0.39, 0.29) is 11.9 Å². The molecule has 0 radical (unpaired) electrons. The zero-order chi connectivity index (χ0) is 26.7. The van der Waals surface area contributed by atoms with Crippen LogP contribution in [0.4, 0.5) is 0 Å². The highest BCUT2D eigenvalue weighted by molar-refractivity contribution is 6.30. The molecule has 1 fully saturated rings. The van der Waals surface area contributed by atoms with Gasteiger partial charge >= 0.3 is 0 Å². The Kier molecular flexibility index (Phi) is 7.85. The van der Waals surface area contributed by atoms with Gasteiger partial charge in [-0.3, -0.25) is 4.79 Å². The highest BCUT2D eigenvalue weighted by Gasteiger charge is 2.47. The van der Waals surface area contributed by atoms with E-state index in [0.29, 0.717) is 29.7 Å². The number of methoxy groups -OCH3 is 2. The first-order chi connectivity index (χ1) is 18.5. The molecule has 0 saturated heterocycles. The Morgan fingerprint density at radius 1 is 0.974 bits per heavy atom. The zero-order valence-electron chi connectivity index (χ0n) is 22.5. The van der Waals surface area contributed by atoms with Gasteiger partial charge in [-0.15, -0.1) is 0 Å². The number of carbonyl (C=O) groups excluding carboxylic acids is 1. The first-order valence-electron chi connectivity index (χ1n) is 13.5. The summed E-state index contributed by atoms with van der Waals surface area (Å²) in [5.41, 5.74) is 3.99. The van der Waals surface area contributed by atoms with Crippen LogP contribution in [0, 0.1) is 0 Å². The van der Waals surface area contributed by atoms with Gasteiger partial charge in [-0.1, -0.05) is 55.6 Å². The van der Waals surface area contributed by atoms with Gasteiger partial charge in [-0.2, -0.15) is 0 Å². The van der Waals surface area contributed by atoms with Crippen LogP contribution in [0.25, 0.3) is 0 Å². The van der Waals surface area contributed by atoms with Gasteiger partial charge in [0.2, 0.25) is 5.91 Å². The van der Waals surface area contributed by atoms with E-state index in [1.807, 2.05) is 48.5 Å². The number of aryl methyl sites for hydroxylation is 1. The third-order valence-electron chi connectivity index (χ3n) is 8.27. The molecule has 0 aromatic heterocycles. The van der Waals surface area contributed by atoms with Gasteiger partial charge in [0.05, 0.1) is 25.7 Å². The van der Waals surface area contributed by atoms with Gasteiger partial charge in [0, 0.05) is 11.6 Å². The molecule has 1 aliphatic carbocycles. The maximum Gasteiger partial charge on any atom is 0.233 e. The molecule has 2 aliphatic rings. The molecule has 1 amide bonds. The lowest BCUT2D eigenvalue weighted by atomic mass is 9.76. The fraction of sp³-hybridized carbons (Fsp3) is 0.406. The predicted octanol–water partition coefficient (Wildman–Crippen LogP) is 6.94. The number of ether oxygens (including phenoxy) is 3. The number of halogens is 1. The highest BCUT2D eigenvalue weighted by atomic mass is 35.5. The van der Waals surface area contributed by atoms with Crippen LogP contribution >= 0.6 is 11.6 Å². The summed E-state index contributed by atoms with van der Waals surface area (Å²) in [6.45, 7) is 3.12. The first-order valence-corrected chi connectivity index (χ1v) is 13.9. The van der Waals surface area contributed by atoms with Gasteiger partial charge in [0.25, 0.3) is 0 Å². The number of carbonyl (C=O) groups is 1. The third kappa shape index (κ3) is 4.96. The largest absolute Gasteiger partial charge is 0.493 e. The van der Waals surface area contributed by atoms with E-state index in [1.54, 1.807) is 14.2 Å². The van der Waals surface area contributed by atoms with Gasteiger partial charge in [0.1, 0.15) is 12.4 Å². The van der Waals surface area contributed by atoms with Crippen LogP contribution in [0.2, 0.25) is 5.02 Å². The number of hydrogen-bond donors (Lipinski definition) is 0. The van der Waals surface area contributed by atoms with Crippen LogP contribution in [0.15, 0.2) is 60.7 Å². The van der Waals surface area contributed by atoms with E-state index < -0.39 is 5.41 Å². The molecular formula is C32H36ClNO4. The number of nitrogens with zero attached hydrogens (tertiary/aromatic N) is 1. The summed E-state index contributed by atoms with van der Waals surface area (Å²) in [6, 6.07) is 19.9. The minimum atomic E-state index is -0.542. The summed E-state index contributed by atoms with van der Waals surface area (Å²) in [4.78, 5) is 16.6. The summed E-state index contributed by atoms with van der Waals surface area (Å²) in [6.07, 6.45) is 5.49. The Morgan fingerprint density at radius 3 is 2.26 bits per heavy atom. The number of rotatable bonds is 8. The van der Waals surface area contributed by atoms with Crippen molar-refractivity contribution < 1.29 is 19.0 Å². The van der Waals surface area contributed by atoms with E-state index in [9.17, 15) is 4.79 Å². The normalized spacial score (nSPS) is 18.1. The molecule has 0 N–H and O–H groups in total. The second-order valence-electron chi connectivity index (χ2n) is 10.3. The van der Waals surface area contributed by atoms with Crippen molar-refractivity contribution in [1.29, 1.82) is 0 Å². The van der Waals surface area contributed by atoms with Gasteiger partial charge in [-0.25, -0.2) is 0 Å². The monoisotopic (exact) mass is 533 g/mol. The molecule has 1 heterocycles. The van der Waals surface area contributed by atoms with Crippen molar-refractivity contribution >= 4 is 17.5 Å². The van der Waals surface area contributed by atoms with Crippen molar-refractivity contribution in [2.24, 2.45) is 0 Å². The van der Waals surface area contributed by atoms with Crippen molar-refractivity contribution in [3.63, 3.8) is 0 Å². The number of hydrogen-bond acceptors (Lipinski definition) is 4. The number of benzene rings is 3. The lowest BCUT2D eigenvalue weighted by Gasteiger charge is -2.42. The molecule has 0 bridgehead atoms.